The van der Waals surface area contributed by atoms with Crippen molar-refractivity contribution in [1.29, 1.82) is 0 Å². The molecule has 0 amide bonds. The maximum atomic E-state index is 11.2. The summed E-state index contributed by atoms with van der Waals surface area (Å²) in [5, 5.41) is 9.21. The maximum absolute atomic E-state index is 11.2. The van der Waals surface area contributed by atoms with Gasteiger partial charge in [-0.1, -0.05) is 24.3 Å². The largest absolute Gasteiger partial charge is 0.488 e. The second-order valence-corrected chi connectivity index (χ2v) is 5.27. The molecule has 0 aromatic heterocycles. The zero-order valence-corrected chi connectivity index (χ0v) is 11.6. The minimum Gasteiger partial charge on any atom is -0.488 e. The van der Waals surface area contributed by atoms with E-state index in [9.17, 15) is 9.90 Å². The van der Waals surface area contributed by atoms with E-state index in [-0.39, 0.29) is 11.3 Å². The van der Waals surface area contributed by atoms with Gasteiger partial charge in [0, 0.05) is 5.69 Å². The smallest absolute Gasteiger partial charge is 0.341 e. The molecule has 1 aliphatic carbocycles. The Bertz CT molecular complexity index is 694. The lowest BCUT2D eigenvalue weighted by molar-refractivity contribution is 0.0693. The Kier molecular flexibility index (Phi) is 3.52. The molecule has 1 aliphatic rings. The molecule has 0 atom stereocenters. The summed E-state index contributed by atoms with van der Waals surface area (Å²) in [5.74, 6) is -0.764. The number of benzene rings is 2. The molecule has 0 fully saturated rings. The Morgan fingerprint density at radius 3 is 2.81 bits per heavy atom. The van der Waals surface area contributed by atoms with Crippen molar-refractivity contribution < 1.29 is 14.6 Å². The summed E-state index contributed by atoms with van der Waals surface area (Å²) >= 11 is 0. The van der Waals surface area contributed by atoms with Gasteiger partial charge in [0.15, 0.2) is 0 Å². The molecule has 4 nitrogen and oxygen atoms in total. The molecule has 21 heavy (non-hydrogen) atoms. The van der Waals surface area contributed by atoms with Crippen molar-refractivity contribution in [3.63, 3.8) is 0 Å². The summed E-state index contributed by atoms with van der Waals surface area (Å²) in [5.41, 5.74) is 9.79. The second kappa shape index (κ2) is 5.48. The minimum atomic E-state index is -1.07. The van der Waals surface area contributed by atoms with Crippen molar-refractivity contribution in [2.24, 2.45) is 0 Å². The van der Waals surface area contributed by atoms with Gasteiger partial charge in [0.2, 0.25) is 0 Å². The van der Waals surface area contributed by atoms with E-state index in [4.69, 9.17) is 10.5 Å². The first-order valence-electron chi connectivity index (χ1n) is 7.00. The van der Waals surface area contributed by atoms with Crippen LogP contribution in [0.2, 0.25) is 0 Å². The highest BCUT2D eigenvalue weighted by Gasteiger charge is 2.15. The highest BCUT2D eigenvalue weighted by Crippen LogP contribution is 2.27. The molecule has 0 radical (unpaired) electrons. The number of nitrogen functional groups attached to an aromatic ring is 1. The summed E-state index contributed by atoms with van der Waals surface area (Å²) in [6.45, 7) is 0.344. The molecule has 108 valence electrons. The third kappa shape index (κ3) is 2.70. The number of hydrogen-bond donors (Lipinski definition) is 2. The number of aryl methyl sites for hydroxylation is 2. The number of rotatable bonds is 4. The Morgan fingerprint density at radius 1 is 1.19 bits per heavy atom. The molecule has 2 aromatic rings. The fourth-order valence-corrected chi connectivity index (χ4v) is 2.77. The number of hydrogen-bond acceptors (Lipinski definition) is 3. The molecule has 0 saturated carbocycles. The van der Waals surface area contributed by atoms with Crippen molar-refractivity contribution in [2.75, 3.05) is 5.73 Å². The third-order valence-electron chi connectivity index (χ3n) is 3.83. The Balaban J connectivity index is 1.79. The van der Waals surface area contributed by atoms with Crippen LogP contribution in [0.15, 0.2) is 36.4 Å². The quantitative estimate of drug-likeness (QED) is 0.846. The van der Waals surface area contributed by atoms with Crippen LogP contribution < -0.4 is 10.5 Å². The van der Waals surface area contributed by atoms with Crippen molar-refractivity contribution in [2.45, 2.75) is 25.9 Å². The highest BCUT2D eigenvalue weighted by molar-refractivity contribution is 5.96. The summed E-state index contributed by atoms with van der Waals surface area (Å²) in [7, 11) is 0. The predicted octanol–water partition coefficient (Wildman–Crippen LogP) is 3.03. The van der Waals surface area contributed by atoms with Crippen LogP contribution in [0.4, 0.5) is 5.69 Å². The lowest BCUT2D eigenvalue weighted by Gasteiger charge is -2.11. The monoisotopic (exact) mass is 283 g/mol. The molecule has 2 aromatic carbocycles. The number of anilines is 1. The number of carboxylic acid groups (broad SMARTS) is 1. The van der Waals surface area contributed by atoms with Crippen molar-refractivity contribution in [3.8, 4) is 5.75 Å². The molecule has 0 heterocycles. The Labute approximate surface area is 123 Å². The van der Waals surface area contributed by atoms with E-state index in [2.05, 4.69) is 12.1 Å². The van der Waals surface area contributed by atoms with Crippen molar-refractivity contribution in [3.05, 3.63) is 58.7 Å². The molecule has 4 heteroatoms. The number of aromatic carboxylic acids is 1. The van der Waals surface area contributed by atoms with Crippen LogP contribution in [-0.2, 0) is 19.4 Å². The van der Waals surface area contributed by atoms with E-state index in [1.165, 1.54) is 17.5 Å². The van der Waals surface area contributed by atoms with Crippen LogP contribution in [-0.4, -0.2) is 11.1 Å². The topological polar surface area (TPSA) is 72.5 Å². The van der Waals surface area contributed by atoms with Crippen molar-refractivity contribution >= 4 is 11.7 Å². The summed E-state index contributed by atoms with van der Waals surface area (Å²) in [6, 6.07) is 11.2. The van der Waals surface area contributed by atoms with E-state index in [0.29, 0.717) is 12.4 Å². The van der Waals surface area contributed by atoms with Gasteiger partial charge in [-0.25, -0.2) is 4.79 Å². The molecule has 0 spiro atoms. The lowest BCUT2D eigenvalue weighted by atomic mass is 10.1. The molecule has 0 bridgehead atoms. The van der Waals surface area contributed by atoms with Crippen LogP contribution in [0.25, 0.3) is 0 Å². The average Bonchev–Trinajstić information content (AvgIpc) is 2.92. The Hall–Kier alpha value is -2.49. The number of nitrogens with two attached hydrogens (primary N) is 1. The van der Waals surface area contributed by atoms with Crippen LogP contribution in [0, 0.1) is 0 Å². The van der Waals surface area contributed by atoms with Gasteiger partial charge >= 0.3 is 5.97 Å². The number of carbonyl (C=O) groups is 1. The Morgan fingerprint density at radius 2 is 2.00 bits per heavy atom. The molecular formula is C17H17NO3. The molecule has 3 rings (SSSR count). The number of fused-ring (bicyclic) bond motifs is 1. The molecule has 3 N–H and O–H groups in total. The van der Waals surface area contributed by atoms with E-state index in [1.807, 2.05) is 6.07 Å². The molecular weight excluding hydrogens is 266 g/mol. The van der Waals surface area contributed by atoms with E-state index in [0.717, 1.165) is 18.4 Å². The standard InChI is InChI=1S/C17H17NO3/c18-14-5-2-6-15(16(14)17(19)20)21-10-11-7-8-12-3-1-4-13(12)9-11/h2,5-9H,1,3-4,10,18H2,(H,19,20). The van der Waals surface area contributed by atoms with Gasteiger partial charge in [0.25, 0.3) is 0 Å². The zero-order chi connectivity index (χ0) is 14.8. The van der Waals surface area contributed by atoms with Crippen molar-refractivity contribution in [1.82, 2.24) is 0 Å². The first kappa shape index (κ1) is 13.5. The fraction of sp³-hybridized carbons (Fsp3) is 0.235. The summed E-state index contributed by atoms with van der Waals surface area (Å²) in [4.78, 5) is 11.2. The van der Waals surface area contributed by atoms with E-state index in [1.54, 1.807) is 18.2 Å². The maximum Gasteiger partial charge on any atom is 0.341 e. The van der Waals surface area contributed by atoms with Crippen LogP contribution in [0.5, 0.6) is 5.75 Å². The first-order valence-corrected chi connectivity index (χ1v) is 7.00. The fourth-order valence-electron chi connectivity index (χ4n) is 2.77. The summed E-state index contributed by atoms with van der Waals surface area (Å²) in [6.07, 6.45) is 3.47. The molecule has 0 unspecified atom stereocenters. The van der Waals surface area contributed by atoms with E-state index >= 15 is 0 Å². The average molecular weight is 283 g/mol. The van der Waals surface area contributed by atoms with Gasteiger partial charge in [0.1, 0.15) is 17.9 Å². The first-order chi connectivity index (χ1) is 10.1. The normalized spacial score (nSPS) is 13.0. The second-order valence-electron chi connectivity index (χ2n) is 5.27. The van der Waals surface area contributed by atoms with Gasteiger partial charge in [0.05, 0.1) is 0 Å². The number of carboxylic acids is 1. The summed E-state index contributed by atoms with van der Waals surface area (Å²) < 4.78 is 5.66. The molecule has 0 aliphatic heterocycles. The lowest BCUT2D eigenvalue weighted by Crippen LogP contribution is -2.07. The van der Waals surface area contributed by atoms with E-state index < -0.39 is 5.97 Å². The van der Waals surface area contributed by atoms with Crippen LogP contribution in [0.1, 0.15) is 33.5 Å². The van der Waals surface area contributed by atoms with Crippen LogP contribution >= 0.6 is 0 Å². The SMILES string of the molecule is Nc1cccc(OCc2ccc3c(c2)CCC3)c1C(=O)O. The van der Waals surface area contributed by atoms with Gasteiger partial charge in [-0.05, 0) is 48.1 Å². The number of ether oxygens (including phenoxy) is 1. The van der Waals surface area contributed by atoms with Gasteiger partial charge < -0.3 is 15.6 Å². The van der Waals surface area contributed by atoms with Gasteiger partial charge in [-0.15, -0.1) is 0 Å². The van der Waals surface area contributed by atoms with Gasteiger partial charge in [-0.3, -0.25) is 0 Å². The van der Waals surface area contributed by atoms with Gasteiger partial charge in [-0.2, -0.15) is 0 Å². The predicted molar refractivity (Wildman–Crippen MR) is 80.6 cm³/mol. The minimum absolute atomic E-state index is 0.0265. The van der Waals surface area contributed by atoms with Crippen LogP contribution in [0.3, 0.4) is 0 Å². The zero-order valence-electron chi connectivity index (χ0n) is 11.6. The third-order valence-corrected chi connectivity index (χ3v) is 3.83. The molecule has 0 saturated heterocycles. The highest BCUT2D eigenvalue weighted by atomic mass is 16.5.